The molecule has 0 fully saturated rings. The maximum atomic E-state index is 13.8. The lowest BCUT2D eigenvalue weighted by atomic mass is 10.0. The Labute approximate surface area is 247 Å². The highest BCUT2D eigenvalue weighted by Crippen LogP contribution is 2.36. The third kappa shape index (κ3) is 6.46. The Bertz CT molecular complexity index is 1300. The molecule has 0 aliphatic carbocycles. The molecule has 0 radical (unpaired) electrons. The fourth-order valence-corrected chi connectivity index (χ4v) is 14.1. The van der Waals surface area contributed by atoms with Crippen LogP contribution in [0.25, 0.3) is 0 Å². The van der Waals surface area contributed by atoms with Gasteiger partial charge in [0.15, 0.2) is 0 Å². The van der Waals surface area contributed by atoms with Gasteiger partial charge in [0.1, 0.15) is 8.07 Å². The first-order valence-corrected chi connectivity index (χ1v) is 22.3. The Kier molecular flexibility index (Phi) is 11.3. The number of benzene rings is 2. The number of nitrogens with one attached hydrogen (secondary N) is 1. The van der Waals surface area contributed by atoms with E-state index in [0.717, 1.165) is 54.2 Å². The number of hydrogen-bond donors (Lipinski definition) is 1. The number of nitrogens with zero attached hydrogens (tertiary/aromatic N) is 1. The Morgan fingerprint density at radius 3 is 2.00 bits per heavy atom. The van der Waals surface area contributed by atoms with E-state index < -0.39 is 26.2 Å². The van der Waals surface area contributed by atoms with Gasteiger partial charge in [-0.1, -0.05) is 96.6 Å². The molecule has 0 atom stereocenters. The molecule has 1 aliphatic heterocycles. The van der Waals surface area contributed by atoms with E-state index in [2.05, 4.69) is 71.3 Å². The van der Waals surface area contributed by atoms with Crippen molar-refractivity contribution in [1.82, 2.24) is 4.31 Å². The van der Waals surface area contributed by atoms with E-state index >= 15 is 0 Å². The number of anilines is 1. The Morgan fingerprint density at radius 2 is 1.48 bits per heavy atom. The van der Waals surface area contributed by atoms with E-state index in [9.17, 15) is 8.42 Å². The molecule has 0 bridgehead atoms. The van der Waals surface area contributed by atoms with Gasteiger partial charge in [-0.2, -0.15) is 4.31 Å². The zero-order chi connectivity index (χ0) is 29.6. The van der Waals surface area contributed by atoms with E-state index in [1.54, 1.807) is 16.4 Å². The van der Waals surface area contributed by atoms with Crippen LogP contribution in [0, 0.1) is 18.4 Å². The van der Waals surface area contributed by atoms with Crippen molar-refractivity contribution in [2.45, 2.75) is 122 Å². The predicted octanol–water partition coefficient (Wildman–Crippen LogP) is 8.03. The first-order valence-electron chi connectivity index (χ1n) is 15.6. The first-order chi connectivity index (χ1) is 19.1. The standard InChI is InChI=1S/C33H52N2O2SSi2/c1-9-16-22-34-32-24-28-25-35(38(36,37)29-19-17-27(8)18-20-29)26-31(28)30(21-23-39(10-2,11-3)12-4)33(32)40(13-5,14-6)15-7/h17-20,24,34H,9-16,22,25-26H2,1-8H3. The number of aryl methyl sites for hydroxylation is 1. The number of rotatable bonds is 13. The molecule has 0 saturated heterocycles. The summed E-state index contributed by atoms with van der Waals surface area (Å²) in [5, 5.41) is 5.29. The highest BCUT2D eigenvalue weighted by atomic mass is 32.2. The van der Waals surface area contributed by atoms with E-state index in [0.29, 0.717) is 18.0 Å². The van der Waals surface area contributed by atoms with E-state index in [1.807, 2.05) is 19.1 Å². The van der Waals surface area contributed by atoms with E-state index in [4.69, 9.17) is 0 Å². The summed E-state index contributed by atoms with van der Waals surface area (Å²) in [7, 11) is -7.18. The lowest BCUT2D eigenvalue weighted by Crippen LogP contribution is -2.49. The minimum absolute atomic E-state index is 0.369. The number of sulfonamides is 1. The minimum Gasteiger partial charge on any atom is -0.385 e. The molecule has 1 aliphatic rings. The van der Waals surface area contributed by atoms with Gasteiger partial charge in [-0.25, -0.2) is 8.42 Å². The Balaban J connectivity index is 2.30. The van der Waals surface area contributed by atoms with Crippen molar-refractivity contribution in [3.63, 3.8) is 0 Å². The van der Waals surface area contributed by atoms with Crippen molar-refractivity contribution >= 4 is 37.0 Å². The monoisotopic (exact) mass is 596 g/mol. The zero-order valence-corrected chi connectivity index (χ0v) is 29.2. The summed E-state index contributed by atoms with van der Waals surface area (Å²) in [6.07, 6.45) is 2.25. The summed E-state index contributed by atoms with van der Waals surface area (Å²) in [6, 6.07) is 16.5. The highest BCUT2D eigenvalue weighted by Gasteiger charge is 2.39. The largest absolute Gasteiger partial charge is 0.385 e. The van der Waals surface area contributed by atoms with Crippen LogP contribution in [0.5, 0.6) is 0 Å². The molecule has 0 amide bonds. The summed E-state index contributed by atoms with van der Waals surface area (Å²) in [5.41, 5.74) is 9.63. The molecular weight excluding hydrogens is 545 g/mol. The molecule has 1 heterocycles. The smallest absolute Gasteiger partial charge is 0.243 e. The van der Waals surface area contributed by atoms with Gasteiger partial charge >= 0.3 is 0 Å². The summed E-state index contributed by atoms with van der Waals surface area (Å²) in [6.45, 7) is 19.9. The van der Waals surface area contributed by atoms with Crippen molar-refractivity contribution in [2.24, 2.45) is 0 Å². The van der Waals surface area contributed by atoms with Gasteiger partial charge in [0.2, 0.25) is 10.0 Å². The lowest BCUT2D eigenvalue weighted by molar-refractivity contribution is 0.431. The minimum atomic E-state index is -3.61. The molecule has 3 rings (SSSR count). The molecule has 0 unspecified atom stereocenters. The van der Waals surface area contributed by atoms with E-state index in [1.165, 1.54) is 34.6 Å². The third-order valence-corrected chi connectivity index (χ3v) is 21.9. The molecule has 2 aromatic rings. The number of fused-ring (bicyclic) bond motifs is 1. The molecule has 40 heavy (non-hydrogen) atoms. The van der Waals surface area contributed by atoms with Gasteiger partial charge in [0.05, 0.1) is 13.0 Å². The van der Waals surface area contributed by atoms with Crippen LogP contribution in [0.3, 0.4) is 0 Å². The van der Waals surface area contributed by atoms with Crippen LogP contribution in [-0.4, -0.2) is 35.4 Å². The molecule has 7 heteroatoms. The molecule has 0 saturated carbocycles. The summed E-state index contributed by atoms with van der Waals surface area (Å²) >= 11 is 0. The SMILES string of the molecule is CCCCNc1cc2c(c(C#C[Si](CC)(CC)CC)c1[Si](CC)(CC)CC)CN(S(=O)(=O)c1ccc(C)cc1)C2. The van der Waals surface area contributed by atoms with Crippen molar-refractivity contribution < 1.29 is 8.42 Å². The summed E-state index contributed by atoms with van der Waals surface area (Å²) in [4.78, 5) is 0.369. The van der Waals surface area contributed by atoms with Crippen LogP contribution in [0.15, 0.2) is 35.2 Å². The average Bonchev–Trinajstić information content (AvgIpc) is 3.41. The highest BCUT2D eigenvalue weighted by molar-refractivity contribution is 7.89. The second kappa shape index (κ2) is 13.9. The van der Waals surface area contributed by atoms with Crippen LogP contribution in [0.2, 0.25) is 36.3 Å². The quantitative estimate of drug-likeness (QED) is 0.145. The molecule has 0 aromatic heterocycles. The first kappa shape index (κ1) is 32.7. The number of hydrogen-bond acceptors (Lipinski definition) is 3. The normalized spacial score (nSPS) is 14.1. The molecule has 4 nitrogen and oxygen atoms in total. The zero-order valence-electron chi connectivity index (χ0n) is 26.3. The van der Waals surface area contributed by atoms with Gasteiger partial charge in [0, 0.05) is 30.9 Å². The van der Waals surface area contributed by atoms with Gasteiger partial charge in [-0.15, -0.1) is 5.54 Å². The van der Waals surface area contributed by atoms with Crippen LogP contribution in [0.1, 0.15) is 83.6 Å². The molecule has 220 valence electrons. The van der Waals surface area contributed by atoms with Crippen molar-refractivity contribution in [3.8, 4) is 11.5 Å². The van der Waals surface area contributed by atoms with Gasteiger partial charge < -0.3 is 5.32 Å². The number of unbranched alkanes of at least 4 members (excludes halogenated alkanes) is 1. The summed E-state index contributed by atoms with van der Waals surface area (Å²) < 4.78 is 29.3. The molecule has 0 spiro atoms. The second-order valence-corrected chi connectivity index (χ2v) is 23.7. The second-order valence-electron chi connectivity index (χ2n) is 11.6. The van der Waals surface area contributed by atoms with Crippen LogP contribution in [-0.2, 0) is 23.1 Å². The fraction of sp³-hybridized carbons (Fsp3) is 0.576. The van der Waals surface area contributed by atoms with Crippen LogP contribution >= 0.6 is 0 Å². The predicted molar refractivity (Wildman–Crippen MR) is 178 cm³/mol. The molecule has 2 aromatic carbocycles. The average molecular weight is 597 g/mol. The topological polar surface area (TPSA) is 49.4 Å². The molecular formula is C33H52N2O2SSi2. The lowest BCUT2D eigenvalue weighted by Gasteiger charge is -2.33. The fourth-order valence-electron chi connectivity index (χ4n) is 6.27. The maximum Gasteiger partial charge on any atom is 0.243 e. The Hall–Kier alpha value is -1.86. The van der Waals surface area contributed by atoms with Crippen molar-refractivity contribution in [2.75, 3.05) is 11.9 Å². The van der Waals surface area contributed by atoms with Crippen LogP contribution in [0.4, 0.5) is 5.69 Å². The summed E-state index contributed by atoms with van der Waals surface area (Å²) in [5.74, 6) is 3.85. The molecule has 1 N–H and O–H groups in total. The van der Waals surface area contributed by atoms with Crippen molar-refractivity contribution in [3.05, 3.63) is 52.6 Å². The third-order valence-electron chi connectivity index (χ3n) is 9.76. The van der Waals surface area contributed by atoms with Gasteiger partial charge in [0.25, 0.3) is 0 Å². The maximum absolute atomic E-state index is 13.8. The van der Waals surface area contributed by atoms with Gasteiger partial charge in [-0.3, -0.25) is 0 Å². The van der Waals surface area contributed by atoms with E-state index in [-0.39, 0.29) is 0 Å². The van der Waals surface area contributed by atoms with Crippen LogP contribution < -0.4 is 10.5 Å². The van der Waals surface area contributed by atoms with Gasteiger partial charge in [-0.05, 0) is 66.0 Å². The van der Waals surface area contributed by atoms with Crippen molar-refractivity contribution in [1.29, 1.82) is 0 Å². The Morgan fingerprint density at radius 1 is 0.875 bits per heavy atom.